The van der Waals surface area contributed by atoms with Gasteiger partial charge in [0.05, 0.1) is 25.8 Å². The van der Waals surface area contributed by atoms with E-state index in [9.17, 15) is 9.59 Å². The smallest absolute Gasteiger partial charge is 0.237 e. The summed E-state index contributed by atoms with van der Waals surface area (Å²) in [6.07, 6.45) is 6.23. The molecule has 2 aliphatic rings. The van der Waals surface area contributed by atoms with Crippen molar-refractivity contribution in [2.24, 2.45) is 5.73 Å². The minimum absolute atomic E-state index is 0.0692. The lowest BCUT2D eigenvalue weighted by Gasteiger charge is -2.22. The van der Waals surface area contributed by atoms with Crippen LogP contribution in [0, 0.1) is 0 Å². The minimum Gasteiger partial charge on any atom is -0.497 e. The van der Waals surface area contributed by atoms with Crippen molar-refractivity contribution >= 4 is 11.7 Å². The van der Waals surface area contributed by atoms with Gasteiger partial charge in [0.15, 0.2) is 5.78 Å². The van der Waals surface area contributed by atoms with Gasteiger partial charge in [-0.25, -0.2) is 0 Å². The fraction of sp³-hybridized carbons (Fsp3) is 0.524. The number of Topliss-reactive ketones (excluding diaryl/α,β-unsaturated/α-hetero) is 1. The molecular formula is C21H28N2O4. The molecule has 0 bridgehead atoms. The molecule has 3 atom stereocenters. The Morgan fingerprint density at radius 2 is 2.00 bits per heavy atom. The molecule has 146 valence electrons. The van der Waals surface area contributed by atoms with Crippen LogP contribution in [-0.2, 0) is 20.7 Å². The second-order valence-corrected chi connectivity index (χ2v) is 7.56. The summed E-state index contributed by atoms with van der Waals surface area (Å²) in [7, 11) is 1.61. The Morgan fingerprint density at radius 1 is 1.30 bits per heavy atom. The number of carbonyl (C=O) groups excluding carboxylic acids is 2. The highest BCUT2D eigenvalue weighted by Crippen LogP contribution is 2.31. The molecule has 1 aliphatic heterocycles. The zero-order valence-electron chi connectivity index (χ0n) is 16.0. The highest BCUT2D eigenvalue weighted by molar-refractivity contribution is 5.97. The Hall–Kier alpha value is -2.18. The Balaban J connectivity index is 1.62. The van der Waals surface area contributed by atoms with E-state index in [1.54, 1.807) is 14.0 Å². The van der Waals surface area contributed by atoms with E-state index in [-0.39, 0.29) is 11.7 Å². The molecule has 1 heterocycles. The number of ketones is 1. The number of benzene rings is 1. The van der Waals surface area contributed by atoms with Crippen molar-refractivity contribution in [3.63, 3.8) is 0 Å². The molecule has 6 heteroatoms. The van der Waals surface area contributed by atoms with Gasteiger partial charge in [-0.3, -0.25) is 9.59 Å². The van der Waals surface area contributed by atoms with Crippen molar-refractivity contribution in [3.05, 3.63) is 41.5 Å². The molecule has 1 fully saturated rings. The first-order valence-corrected chi connectivity index (χ1v) is 9.46. The average molecular weight is 372 g/mol. The van der Waals surface area contributed by atoms with Crippen LogP contribution < -0.4 is 15.8 Å². The normalized spacial score (nSPS) is 23.3. The van der Waals surface area contributed by atoms with E-state index in [1.807, 2.05) is 24.3 Å². The van der Waals surface area contributed by atoms with Crippen molar-refractivity contribution in [3.8, 4) is 5.75 Å². The van der Waals surface area contributed by atoms with E-state index in [2.05, 4.69) is 11.4 Å². The number of nitrogens with two attached hydrogens (primary N) is 1. The molecule has 1 amide bonds. The van der Waals surface area contributed by atoms with E-state index in [4.69, 9.17) is 15.2 Å². The van der Waals surface area contributed by atoms with Crippen LogP contribution in [0.25, 0.3) is 0 Å². The van der Waals surface area contributed by atoms with Gasteiger partial charge in [0, 0.05) is 0 Å². The second-order valence-electron chi connectivity index (χ2n) is 7.56. The lowest BCUT2D eigenvalue weighted by Crippen LogP contribution is -2.51. The standard InChI is InChI=1S/C21H28N2O4/c1-21(13-27-21)19(24)18(12-14-5-3-4-6-14)23-20(25)17(22)11-15-7-9-16(26-2)10-8-15/h5,7-10,17-18H,3-4,6,11-13,22H2,1-2H3,(H,23,25). The zero-order valence-corrected chi connectivity index (χ0v) is 16.0. The minimum atomic E-state index is -0.767. The molecule has 1 aromatic rings. The van der Waals surface area contributed by atoms with Crippen molar-refractivity contribution in [2.75, 3.05) is 13.7 Å². The number of rotatable bonds is 9. The van der Waals surface area contributed by atoms with Crippen LogP contribution in [0.1, 0.15) is 38.2 Å². The SMILES string of the molecule is COc1ccc(CC(N)C(=O)NC(CC2=CCCC2)C(=O)C2(C)CO2)cc1. The summed E-state index contributed by atoms with van der Waals surface area (Å²) in [5, 5.41) is 2.87. The van der Waals surface area contributed by atoms with Crippen LogP contribution in [-0.4, -0.2) is 43.1 Å². The van der Waals surface area contributed by atoms with Gasteiger partial charge in [-0.2, -0.15) is 0 Å². The Kier molecular flexibility index (Phi) is 5.97. The maximum absolute atomic E-state index is 12.8. The molecule has 1 aliphatic carbocycles. The van der Waals surface area contributed by atoms with E-state index in [0.29, 0.717) is 19.4 Å². The fourth-order valence-electron chi connectivity index (χ4n) is 3.40. The first kappa shape index (κ1) is 19.6. The molecule has 0 saturated carbocycles. The van der Waals surface area contributed by atoms with Crippen LogP contribution in [0.15, 0.2) is 35.9 Å². The Bertz CT molecular complexity index is 722. The van der Waals surface area contributed by atoms with Gasteiger partial charge in [0.25, 0.3) is 0 Å². The summed E-state index contributed by atoms with van der Waals surface area (Å²) in [5.41, 5.74) is 7.50. The van der Waals surface area contributed by atoms with Gasteiger partial charge < -0.3 is 20.5 Å². The topological polar surface area (TPSA) is 93.9 Å². The maximum Gasteiger partial charge on any atom is 0.237 e. The summed E-state index contributed by atoms with van der Waals surface area (Å²) in [6.45, 7) is 2.18. The zero-order chi connectivity index (χ0) is 19.4. The molecule has 3 N–H and O–H groups in total. The predicted octanol–water partition coefficient (Wildman–Crippen LogP) is 1.91. The molecular weight excluding hydrogens is 344 g/mol. The third-order valence-electron chi connectivity index (χ3n) is 5.28. The van der Waals surface area contributed by atoms with Crippen LogP contribution in [0.5, 0.6) is 5.75 Å². The molecule has 1 saturated heterocycles. The highest BCUT2D eigenvalue weighted by atomic mass is 16.6. The quantitative estimate of drug-likeness (QED) is 0.510. The number of hydrogen-bond donors (Lipinski definition) is 2. The van der Waals surface area contributed by atoms with Crippen molar-refractivity contribution in [1.82, 2.24) is 5.32 Å². The summed E-state index contributed by atoms with van der Waals surface area (Å²) < 4.78 is 10.4. The van der Waals surface area contributed by atoms with E-state index in [0.717, 1.165) is 30.6 Å². The van der Waals surface area contributed by atoms with Crippen LogP contribution in [0.2, 0.25) is 0 Å². The summed E-state index contributed by atoms with van der Waals surface area (Å²) in [5.74, 6) is 0.372. The molecule has 6 nitrogen and oxygen atoms in total. The largest absolute Gasteiger partial charge is 0.497 e. The van der Waals surface area contributed by atoms with Gasteiger partial charge in [0.2, 0.25) is 5.91 Å². The van der Waals surface area contributed by atoms with Gasteiger partial charge in [-0.1, -0.05) is 23.8 Å². The highest BCUT2D eigenvalue weighted by Gasteiger charge is 2.50. The number of allylic oxidation sites excluding steroid dienone is 1. The summed E-state index contributed by atoms with van der Waals surface area (Å²) >= 11 is 0. The first-order valence-electron chi connectivity index (χ1n) is 9.46. The second kappa shape index (κ2) is 8.23. The third kappa shape index (κ3) is 4.96. The lowest BCUT2D eigenvalue weighted by atomic mass is 9.94. The average Bonchev–Trinajstić information content (AvgIpc) is 3.21. The van der Waals surface area contributed by atoms with Crippen LogP contribution in [0.4, 0.5) is 0 Å². The molecule has 0 spiro atoms. The van der Waals surface area contributed by atoms with Gasteiger partial charge >= 0.3 is 0 Å². The molecule has 1 aromatic carbocycles. The van der Waals surface area contributed by atoms with Crippen molar-refractivity contribution in [2.45, 2.75) is 56.7 Å². The number of ether oxygens (including phenoxy) is 2. The van der Waals surface area contributed by atoms with Gasteiger partial charge in [0.1, 0.15) is 11.4 Å². The number of hydrogen-bond acceptors (Lipinski definition) is 5. The van der Waals surface area contributed by atoms with Gasteiger partial charge in [-0.05, 0) is 56.7 Å². The maximum atomic E-state index is 12.8. The number of methoxy groups -OCH3 is 1. The van der Waals surface area contributed by atoms with E-state index < -0.39 is 17.7 Å². The molecule has 0 radical (unpaired) electrons. The summed E-state index contributed by atoms with van der Waals surface area (Å²) in [4.78, 5) is 25.4. The number of nitrogens with one attached hydrogen (secondary N) is 1. The van der Waals surface area contributed by atoms with Crippen LogP contribution >= 0.6 is 0 Å². The monoisotopic (exact) mass is 372 g/mol. The predicted molar refractivity (Wildman–Crippen MR) is 103 cm³/mol. The fourth-order valence-corrected chi connectivity index (χ4v) is 3.40. The van der Waals surface area contributed by atoms with E-state index >= 15 is 0 Å². The van der Waals surface area contributed by atoms with Crippen molar-refractivity contribution in [1.29, 1.82) is 0 Å². The van der Waals surface area contributed by atoms with E-state index in [1.165, 1.54) is 5.57 Å². The lowest BCUT2D eigenvalue weighted by molar-refractivity contribution is -0.131. The third-order valence-corrected chi connectivity index (χ3v) is 5.28. The van der Waals surface area contributed by atoms with Gasteiger partial charge in [-0.15, -0.1) is 0 Å². The first-order chi connectivity index (χ1) is 12.9. The molecule has 3 rings (SSSR count). The molecule has 27 heavy (non-hydrogen) atoms. The number of carbonyl (C=O) groups is 2. The molecule has 0 aromatic heterocycles. The summed E-state index contributed by atoms with van der Waals surface area (Å²) in [6, 6.07) is 6.14. The Morgan fingerprint density at radius 3 is 2.56 bits per heavy atom. The van der Waals surface area contributed by atoms with Crippen LogP contribution in [0.3, 0.4) is 0 Å². The van der Waals surface area contributed by atoms with Crippen molar-refractivity contribution < 1.29 is 19.1 Å². The number of epoxide rings is 1. The molecule has 3 unspecified atom stereocenters. The number of amides is 1. The Labute approximate surface area is 160 Å².